The summed E-state index contributed by atoms with van der Waals surface area (Å²) in [5, 5.41) is 3.28. The fourth-order valence-electron chi connectivity index (χ4n) is 1.14. The summed E-state index contributed by atoms with van der Waals surface area (Å²) in [6, 6.07) is 2.00. The summed E-state index contributed by atoms with van der Waals surface area (Å²) in [4.78, 5) is 4.33. The fraction of sp³-hybridized carbons (Fsp3) is 0.364. The Labute approximate surface area is 107 Å². The number of pyridine rings is 1. The number of aromatic nitrogens is 1. The van der Waals surface area contributed by atoms with E-state index in [4.69, 9.17) is 0 Å². The lowest BCUT2D eigenvalue weighted by Crippen LogP contribution is -2.14. The third kappa shape index (κ3) is 4.45. The van der Waals surface area contributed by atoms with Crippen LogP contribution in [-0.2, 0) is 0 Å². The van der Waals surface area contributed by atoms with Crippen LogP contribution in [0.1, 0.15) is 19.5 Å². The molecule has 0 spiro atoms. The molecular weight excluding hydrogens is 320 g/mol. The summed E-state index contributed by atoms with van der Waals surface area (Å²) in [6.45, 7) is 6.08. The average Bonchev–Trinajstić information content (AvgIpc) is 2.19. The monoisotopic (exact) mass is 332 g/mol. The maximum atomic E-state index is 4.33. The van der Waals surface area contributed by atoms with Crippen molar-refractivity contribution in [3.05, 3.63) is 32.5 Å². The molecule has 2 nitrogen and oxygen atoms in total. The van der Waals surface area contributed by atoms with Gasteiger partial charge in [0, 0.05) is 21.7 Å². The lowest BCUT2D eigenvalue weighted by Gasteiger charge is -2.03. The minimum absolute atomic E-state index is 0.903. The van der Waals surface area contributed by atoms with Gasteiger partial charge in [0.1, 0.15) is 0 Å². The van der Waals surface area contributed by atoms with Gasteiger partial charge in [-0.05, 0) is 57.5 Å². The van der Waals surface area contributed by atoms with Crippen LogP contribution in [0.2, 0.25) is 0 Å². The third-order valence-electron chi connectivity index (χ3n) is 1.87. The molecule has 1 aromatic heterocycles. The van der Waals surface area contributed by atoms with Crippen molar-refractivity contribution in [3.8, 4) is 0 Å². The van der Waals surface area contributed by atoms with E-state index >= 15 is 0 Å². The Kier molecular flexibility index (Phi) is 5.50. The van der Waals surface area contributed by atoms with Crippen molar-refractivity contribution >= 4 is 37.9 Å². The van der Waals surface area contributed by atoms with E-state index in [1.807, 2.05) is 6.07 Å². The molecule has 0 atom stereocenters. The second-order valence-electron chi connectivity index (χ2n) is 3.29. The van der Waals surface area contributed by atoms with Gasteiger partial charge in [0.2, 0.25) is 0 Å². The smallest absolute Gasteiger partial charge is 0.0772 e. The van der Waals surface area contributed by atoms with Gasteiger partial charge in [-0.3, -0.25) is 4.98 Å². The fourth-order valence-corrected chi connectivity index (χ4v) is 2.24. The van der Waals surface area contributed by atoms with Gasteiger partial charge in [-0.25, -0.2) is 0 Å². The number of likely N-dealkylation sites (N-methyl/N-ethyl adjacent to an activating group) is 1. The Morgan fingerprint density at radius 2 is 2.27 bits per heavy atom. The molecule has 15 heavy (non-hydrogen) atoms. The van der Waals surface area contributed by atoms with Crippen molar-refractivity contribution in [2.24, 2.45) is 0 Å². The normalized spacial score (nSPS) is 11.9. The van der Waals surface area contributed by atoms with Crippen LogP contribution < -0.4 is 5.32 Å². The quantitative estimate of drug-likeness (QED) is 0.910. The molecule has 0 aliphatic rings. The van der Waals surface area contributed by atoms with E-state index in [0.29, 0.717) is 0 Å². The van der Waals surface area contributed by atoms with Crippen LogP contribution in [-0.4, -0.2) is 18.1 Å². The van der Waals surface area contributed by atoms with E-state index in [2.05, 4.69) is 62.1 Å². The number of hydrogen-bond acceptors (Lipinski definition) is 2. The van der Waals surface area contributed by atoms with Gasteiger partial charge in [0.05, 0.1) is 5.69 Å². The third-order valence-corrected chi connectivity index (χ3v) is 2.94. The second kappa shape index (κ2) is 6.40. The first-order valence-electron chi connectivity index (χ1n) is 4.82. The van der Waals surface area contributed by atoms with E-state index in [9.17, 15) is 0 Å². The van der Waals surface area contributed by atoms with Crippen molar-refractivity contribution in [2.75, 3.05) is 13.1 Å². The minimum Gasteiger partial charge on any atom is -0.313 e. The first-order valence-corrected chi connectivity index (χ1v) is 6.41. The zero-order chi connectivity index (χ0) is 11.3. The number of halogens is 2. The Bertz CT molecular complexity index is 362. The number of nitrogens with zero attached hydrogens (tertiary/aromatic N) is 1. The Morgan fingerprint density at radius 3 is 2.87 bits per heavy atom. The van der Waals surface area contributed by atoms with Crippen LogP contribution in [0.25, 0.3) is 6.08 Å². The summed E-state index contributed by atoms with van der Waals surface area (Å²) < 4.78 is 1.99. The molecule has 1 aromatic rings. The molecule has 0 amide bonds. The van der Waals surface area contributed by atoms with E-state index in [1.54, 1.807) is 6.20 Å². The van der Waals surface area contributed by atoms with E-state index < -0.39 is 0 Å². The highest BCUT2D eigenvalue weighted by molar-refractivity contribution is 9.11. The van der Waals surface area contributed by atoms with Gasteiger partial charge in [0.15, 0.2) is 0 Å². The summed E-state index contributed by atoms with van der Waals surface area (Å²) in [6.07, 6.45) is 3.89. The van der Waals surface area contributed by atoms with Gasteiger partial charge in [0.25, 0.3) is 0 Å². The van der Waals surface area contributed by atoms with Gasteiger partial charge >= 0.3 is 0 Å². The van der Waals surface area contributed by atoms with Crippen molar-refractivity contribution in [1.82, 2.24) is 10.3 Å². The maximum Gasteiger partial charge on any atom is 0.0772 e. The van der Waals surface area contributed by atoms with Crippen molar-refractivity contribution in [1.29, 1.82) is 0 Å². The van der Waals surface area contributed by atoms with Crippen molar-refractivity contribution in [3.63, 3.8) is 0 Å². The van der Waals surface area contributed by atoms with Crippen LogP contribution >= 0.6 is 31.9 Å². The second-order valence-corrected chi connectivity index (χ2v) is 5.06. The zero-order valence-corrected chi connectivity index (χ0v) is 12.0. The van der Waals surface area contributed by atoms with Crippen LogP contribution in [0.3, 0.4) is 0 Å². The molecule has 0 aromatic carbocycles. The molecule has 0 bridgehead atoms. The molecule has 0 saturated carbocycles. The van der Waals surface area contributed by atoms with Crippen LogP contribution in [0.5, 0.6) is 0 Å². The molecular formula is C11H14Br2N2. The van der Waals surface area contributed by atoms with E-state index in [1.165, 1.54) is 5.57 Å². The Hall–Kier alpha value is -0.190. The Balaban J connectivity index is 2.78. The van der Waals surface area contributed by atoms with Crippen molar-refractivity contribution in [2.45, 2.75) is 13.8 Å². The predicted octanol–water partition coefficient (Wildman–Crippen LogP) is 3.62. The summed E-state index contributed by atoms with van der Waals surface area (Å²) in [5.74, 6) is 0. The first kappa shape index (κ1) is 12.9. The lowest BCUT2D eigenvalue weighted by molar-refractivity contribution is 0.778. The topological polar surface area (TPSA) is 24.9 Å². The molecule has 0 aliphatic carbocycles. The highest BCUT2D eigenvalue weighted by atomic mass is 79.9. The summed E-state index contributed by atoms with van der Waals surface area (Å²) in [5.41, 5.74) is 2.24. The summed E-state index contributed by atoms with van der Waals surface area (Å²) in [7, 11) is 0. The standard InChI is InChI=1S/C11H14Br2N2/c1-3-14-6-8(2)4-11-10(13)5-9(12)7-15-11/h4-5,7,14H,3,6H2,1-2H3. The van der Waals surface area contributed by atoms with Gasteiger partial charge in [-0.15, -0.1) is 0 Å². The van der Waals surface area contributed by atoms with Gasteiger partial charge in [-0.2, -0.15) is 0 Å². The largest absolute Gasteiger partial charge is 0.313 e. The SMILES string of the molecule is CCNCC(C)=Cc1ncc(Br)cc1Br. The molecule has 1 N–H and O–H groups in total. The van der Waals surface area contributed by atoms with E-state index in [-0.39, 0.29) is 0 Å². The van der Waals surface area contributed by atoms with Crippen LogP contribution in [0.4, 0.5) is 0 Å². The number of hydrogen-bond donors (Lipinski definition) is 1. The molecule has 1 heterocycles. The van der Waals surface area contributed by atoms with Crippen molar-refractivity contribution < 1.29 is 0 Å². The minimum atomic E-state index is 0.903. The van der Waals surface area contributed by atoms with Crippen LogP contribution in [0.15, 0.2) is 26.8 Å². The molecule has 0 aliphatic heterocycles. The molecule has 82 valence electrons. The molecule has 0 fully saturated rings. The highest BCUT2D eigenvalue weighted by Gasteiger charge is 1.99. The Morgan fingerprint density at radius 1 is 1.53 bits per heavy atom. The van der Waals surface area contributed by atoms with Crippen LogP contribution in [0, 0.1) is 0 Å². The predicted molar refractivity (Wildman–Crippen MR) is 71.8 cm³/mol. The molecule has 1 rings (SSSR count). The molecule has 4 heteroatoms. The molecule has 0 radical (unpaired) electrons. The maximum absolute atomic E-state index is 4.33. The highest BCUT2D eigenvalue weighted by Crippen LogP contribution is 2.21. The molecule has 0 unspecified atom stereocenters. The number of nitrogens with one attached hydrogen (secondary N) is 1. The zero-order valence-electron chi connectivity index (χ0n) is 8.85. The van der Waals surface area contributed by atoms with Gasteiger partial charge in [-0.1, -0.05) is 12.5 Å². The average molecular weight is 334 g/mol. The lowest BCUT2D eigenvalue weighted by atomic mass is 10.2. The number of rotatable bonds is 4. The van der Waals surface area contributed by atoms with Gasteiger partial charge < -0.3 is 5.32 Å². The molecule has 0 saturated heterocycles. The summed E-state index contributed by atoms with van der Waals surface area (Å²) >= 11 is 6.87. The first-order chi connectivity index (χ1) is 7.13. The van der Waals surface area contributed by atoms with E-state index in [0.717, 1.165) is 27.7 Å².